The van der Waals surface area contributed by atoms with Crippen LogP contribution in [0.3, 0.4) is 0 Å². The fourth-order valence-electron chi connectivity index (χ4n) is 6.58. The molecule has 0 aromatic rings. The van der Waals surface area contributed by atoms with E-state index in [9.17, 15) is 19.4 Å². The number of nitrogens with zero attached hydrogens (tertiary/aromatic N) is 1. The number of phosphoric ester groups is 1. The van der Waals surface area contributed by atoms with E-state index in [-0.39, 0.29) is 19.1 Å². The Balaban J connectivity index is 4.40. The molecule has 0 saturated carbocycles. The first-order valence-electron chi connectivity index (χ1n) is 23.5. The number of carbonyl (C=O) groups excluding carboxylic acids is 1. The SMILES string of the molecule is CC/C=C\C/C=C\C/C=C\CCCCCCCCCC(=O)NC(COP(=O)(O)OCC[N+](C)(C)C)C(O)/C=C/CCCCCCCCCCCCCCCCCC. The van der Waals surface area contributed by atoms with Gasteiger partial charge < -0.3 is 19.8 Å². The number of aliphatic hydroxyl groups excluding tert-OH is 1. The predicted octanol–water partition coefficient (Wildman–Crippen LogP) is 13.2. The number of amides is 1. The minimum atomic E-state index is -4.34. The molecule has 9 heteroatoms. The third kappa shape index (κ3) is 42.4. The van der Waals surface area contributed by atoms with E-state index in [1.54, 1.807) is 6.08 Å². The van der Waals surface area contributed by atoms with Gasteiger partial charge in [-0.15, -0.1) is 0 Å². The van der Waals surface area contributed by atoms with Gasteiger partial charge in [-0.3, -0.25) is 13.8 Å². The van der Waals surface area contributed by atoms with E-state index in [1.807, 2.05) is 27.2 Å². The second kappa shape index (κ2) is 39.9. The van der Waals surface area contributed by atoms with Crippen LogP contribution in [0.5, 0.6) is 0 Å². The van der Waals surface area contributed by atoms with Gasteiger partial charge in [0.05, 0.1) is 39.9 Å². The summed E-state index contributed by atoms with van der Waals surface area (Å²) in [5.41, 5.74) is 0. The van der Waals surface area contributed by atoms with Crippen LogP contribution >= 0.6 is 7.82 Å². The topological polar surface area (TPSA) is 105 Å². The van der Waals surface area contributed by atoms with Crippen LogP contribution in [0.15, 0.2) is 48.6 Å². The van der Waals surface area contributed by atoms with Crippen molar-refractivity contribution in [2.24, 2.45) is 0 Å². The van der Waals surface area contributed by atoms with Crippen LogP contribution < -0.4 is 5.32 Å². The molecule has 8 nitrogen and oxygen atoms in total. The number of likely N-dealkylation sites (N-methyl/N-ethyl adjacent to an activating group) is 1. The van der Waals surface area contributed by atoms with Crippen LogP contribution in [-0.4, -0.2) is 73.4 Å². The lowest BCUT2D eigenvalue weighted by molar-refractivity contribution is -0.870. The van der Waals surface area contributed by atoms with Gasteiger partial charge in [0.25, 0.3) is 0 Å². The van der Waals surface area contributed by atoms with Gasteiger partial charge in [-0.05, 0) is 51.4 Å². The van der Waals surface area contributed by atoms with Crippen LogP contribution in [0.1, 0.15) is 200 Å². The lowest BCUT2D eigenvalue weighted by atomic mass is 10.0. The van der Waals surface area contributed by atoms with Crippen LogP contribution in [0.25, 0.3) is 0 Å². The van der Waals surface area contributed by atoms with Crippen molar-refractivity contribution in [1.82, 2.24) is 5.32 Å². The first kappa shape index (κ1) is 55.5. The summed E-state index contributed by atoms with van der Waals surface area (Å²) in [4.78, 5) is 23.2. The molecule has 0 bridgehead atoms. The molecule has 0 radical (unpaired) electrons. The number of nitrogens with one attached hydrogen (secondary N) is 1. The molecule has 3 unspecified atom stereocenters. The number of aliphatic hydroxyl groups is 1. The summed E-state index contributed by atoms with van der Waals surface area (Å²) in [6.07, 6.45) is 50.3. The number of allylic oxidation sites excluding steroid dienone is 7. The summed E-state index contributed by atoms with van der Waals surface area (Å²) in [5, 5.41) is 13.9. The molecule has 0 aliphatic rings. The van der Waals surface area contributed by atoms with Crippen molar-refractivity contribution in [3.8, 4) is 0 Å². The Morgan fingerprint density at radius 2 is 1.05 bits per heavy atom. The third-order valence-corrected chi connectivity index (χ3v) is 11.3. The molecule has 0 heterocycles. The Bertz CT molecular complexity index is 1070. The van der Waals surface area contributed by atoms with Crippen LogP contribution in [0.2, 0.25) is 0 Å². The van der Waals surface area contributed by atoms with Crippen LogP contribution in [0, 0.1) is 0 Å². The number of unbranched alkanes of at least 4 members (excludes halogenated alkanes) is 23. The minimum Gasteiger partial charge on any atom is -0.387 e. The van der Waals surface area contributed by atoms with Gasteiger partial charge in [-0.1, -0.05) is 191 Å². The Labute approximate surface area is 352 Å². The molecule has 334 valence electrons. The molecule has 0 spiro atoms. The molecule has 0 aromatic carbocycles. The number of rotatable bonds is 42. The Morgan fingerprint density at radius 3 is 1.54 bits per heavy atom. The Morgan fingerprint density at radius 1 is 0.614 bits per heavy atom. The van der Waals surface area contributed by atoms with E-state index < -0.39 is 20.0 Å². The molecule has 0 aromatic heterocycles. The van der Waals surface area contributed by atoms with E-state index in [0.29, 0.717) is 17.4 Å². The fourth-order valence-corrected chi connectivity index (χ4v) is 7.32. The lowest BCUT2D eigenvalue weighted by Crippen LogP contribution is -2.45. The number of phosphoric acid groups is 1. The van der Waals surface area contributed by atoms with Crippen molar-refractivity contribution in [3.05, 3.63) is 48.6 Å². The third-order valence-electron chi connectivity index (χ3n) is 10.3. The monoisotopic (exact) mass is 824 g/mol. The standard InChI is InChI=1S/C48H91N2O6P/c1-6-8-10-12-14-16-18-20-22-24-26-27-29-31-33-35-37-39-41-47(51)46(45-56-57(53,54)55-44-43-50(3,4)5)49-48(52)42-40-38-36-34-32-30-28-25-23-21-19-17-15-13-11-9-7-2/h9,11,15,17,21,23,39,41,46-47,51H,6-8,10,12-14,16,18-20,22,24-38,40,42-45H2,1-5H3,(H-,49,52,53,54)/p+1/b11-9-,17-15-,23-21-,41-39+. The highest BCUT2D eigenvalue weighted by atomic mass is 31.2. The molecule has 1 amide bonds. The Kier molecular flexibility index (Phi) is 38.8. The first-order valence-corrected chi connectivity index (χ1v) is 25.0. The van der Waals surface area contributed by atoms with Crippen molar-refractivity contribution in [1.29, 1.82) is 0 Å². The predicted molar refractivity (Wildman–Crippen MR) is 244 cm³/mol. The zero-order chi connectivity index (χ0) is 42.1. The van der Waals surface area contributed by atoms with Gasteiger partial charge in [0.1, 0.15) is 13.2 Å². The molecular weight excluding hydrogens is 732 g/mol. The summed E-state index contributed by atoms with van der Waals surface area (Å²) < 4.78 is 23.6. The maximum absolute atomic E-state index is 12.9. The maximum Gasteiger partial charge on any atom is 0.472 e. The minimum absolute atomic E-state index is 0.0581. The summed E-state index contributed by atoms with van der Waals surface area (Å²) in [5.74, 6) is -0.188. The second-order valence-electron chi connectivity index (χ2n) is 17.1. The van der Waals surface area contributed by atoms with E-state index in [0.717, 1.165) is 64.2 Å². The summed E-state index contributed by atoms with van der Waals surface area (Å²) in [6.45, 7) is 4.70. The highest BCUT2D eigenvalue weighted by Gasteiger charge is 2.27. The largest absolute Gasteiger partial charge is 0.472 e. The quantitative estimate of drug-likeness (QED) is 0.0245. The van der Waals surface area contributed by atoms with Crippen molar-refractivity contribution < 1.29 is 32.9 Å². The van der Waals surface area contributed by atoms with Crippen molar-refractivity contribution in [3.63, 3.8) is 0 Å². The second-order valence-corrected chi connectivity index (χ2v) is 18.6. The van der Waals surface area contributed by atoms with Gasteiger partial charge >= 0.3 is 7.82 Å². The van der Waals surface area contributed by atoms with Crippen molar-refractivity contribution >= 4 is 13.7 Å². The summed E-state index contributed by atoms with van der Waals surface area (Å²) >= 11 is 0. The molecule has 0 saturated heterocycles. The van der Waals surface area contributed by atoms with Gasteiger partial charge in [-0.2, -0.15) is 0 Å². The summed E-state index contributed by atoms with van der Waals surface area (Å²) in [6, 6.07) is -0.852. The normalized spacial score (nSPS) is 14.7. The lowest BCUT2D eigenvalue weighted by Gasteiger charge is -2.25. The fraction of sp³-hybridized carbons (Fsp3) is 0.812. The van der Waals surface area contributed by atoms with Crippen molar-refractivity contribution in [2.45, 2.75) is 212 Å². The summed E-state index contributed by atoms with van der Waals surface area (Å²) in [7, 11) is 1.56. The van der Waals surface area contributed by atoms with Crippen LogP contribution in [-0.2, 0) is 18.4 Å². The molecule has 0 rings (SSSR count). The molecule has 57 heavy (non-hydrogen) atoms. The average molecular weight is 824 g/mol. The molecule has 0 fully saturated rings. The van der Waals surface area contributed by atoms with E-state index in [4.69, 9.17) is 9.05 Å². The maximum atomic E-state index is 12.9. The highest BCUT2D eigenvalue weighted by molar-refractivity contribution is 7.47. The smallest absolute Gasteiger partial charge is 0.387 e. The zero-order valence-electron chi connectivity index (χ0n) is 37.8. The van der Waals surface area contributed by atoms with E-state index in [1.165, 1.54) is 116 Å². The zero-order valence-corrected chi connectivity index (χ0v) is 38.7. The van der Waals surface area contributed by atoms with Gasteiger partial charge in [0.2, 0.25) is 5.91 Å². The average Bonchev–Trinajstić information content (AvgIpc) is 3.16. The molecular formula is C48H92N2O6P+. The van der Waals surface area contributed by atoms with Gasteiger partial charge in [-0.25, -0.2) is 4.57 Å². The number of carbonyl (C=O) groups is 1. The van der Waals surface area contributed by atoms with Crippen LogP contribution in [0.4, 0.5) is 0 Å². The molecule has 3 atom stereocenters. The molecule has 0 aliphatic carbocycles. The van der Waals surface area contributed by atoms with Gasteiger partial charge in [0.15, 0.2) is 0 Å². The highest BCUT2D eigenvalue weighted by Crippen LogP contribution is 2.43. The van der Waals surface area contributed by atoms with Crippen molar-refractivity contribution in [2.75, 3.05) is 40.9 Å². The van der Waals surface area contributed by atoms with Gasteiger partial charge in [0, 0.05) is 6.42 Å². The van der Waals surface area contributed by atoms with E-state index >= 15 is 0 Å². The van der Waals surface area contributed by atoms with E-state index in [2.05, 4.69) is 55.6 Å². The molecule has 0 aliphatic heterocycles. The number of hydrogen-bond donors (Lipinski definition) is 3. The Hall–Kier alpha value is -1.54. The number of quaternary nitrogens is 1. The first-order chi connectivity index (χ1) is 27.5. The molecule has 3 N–H and O–H groups in total. The number of hydrogen-bond acceptors (Lipinski definition) is 5.